The normalized spacial score (nSPS) is 10.3. The highest BCUT2D eigenvalue weighted by Crippen LogP contribution is 2.21. The third-order valence-corrected chi connectivity index (χ3v) is 3.97. The molecule has 0 spiro atoms. The molecular weight excluding hydrogens is 314 g/mol. The molecule has 0 saturated carbocycles. The summed E-state index contributed by atoms with van der Waals surface area (Å²) < 4.78 is 0. The Morgan fingerprint density at radius 1 is 1.26 bits per heavy atom. The number of rotatable bonds is 8. The first-order chi connectivity index (χ1) is 11.1. The predicted octanol–water partition coefficient (Wildman–Crippen LogP) is 2.58. The molecule has 2 aromatic rings. The van der Waals surface area contributed by atoms with Crippen LogP contribution >= 0.6 is 11.3 Å². The second-order valence-corrected chi connectivity index (χ2v) is 5.85. The van der Waals surface area contributed by atoms with Crippen molar-refractivity contribution in [2.45, 2.75) is 26.2 Å². The molecule has 122 valence electrons. The summed E-state index contributed by atoms with van der Waals surface area (Å²) in [6.07, 6.45) is 1.06. The summed E-state index contributed by atoms with van der Waals surface area (Å²) in [4.78, 5) is 26.4. The summed E-state index contributed by atoms with van der Waals surface area (Å²) in [6.45, 7) is 2.24. The quantitative estimate of drug-likeness (QED) is 0.691. The van der Waals surface area contributed by atoms with Crippen molar-refractivity contribution in [1.82, 2.24) is 10.3 Å². The van der Waals surface area contributed by atoms with Gasteiger partial charge in [-0.05, 0) is 24.1 Å². The van der Waals surface area contributed by atoms with E-state index in [0.717, 1.165) is 17.2 Å². The molecule has 2 rings (SSSR count). The topological polar surface area (TPSA) is 91.3 Å². The fourth-order valence-corrected chi connectivity index (χ4v) is 2.66. The number of benzene rings is 1. The summed E-state index contributed by atoms with van der Waals surface area (Å²) in [5.74, 6) is -1.16. The van der Waals surface area contributed by atoms with Crippen LogP contribution in [0.2, 0.25) is 0 Å². The molecule has 7 heteroatoms. The van der Waals surface area contributed by atoms with Gasteiger partial charge in [-0.25, -0.2) is 4.98 Å². The molecule has 0 bridgehead atoms. The predicted molar refractivity (Wildman–Crippen MR) is 90.2 cm³/mol. The van der Waals surface area contributed by atoms with Gasteiger partial charge in [0.15, 0.2) is 5.13 Å². The first-order valence-electron chi connectivity index (χ1n) is 7.35. The number of carbonyl (C=O) groups is 2. The minimum Gasteiger partial charge on any atom is -0.481 e. The van der Waals surface area contributed by atoms with Crippen LogP contribution in [0, 0.1) is 0 Å². The number of carboxylic acids is 1. The first kappa shape index (κ1) is 17.0. The maximum Gasteiger partial charge on any atom is 0.305 e. The van der Waals surface area contributed by atoms with E-state index >= 15 is 0 Å². The van der Waals surface area contributed by atoms with Crippen molar-refractivity contribution in [3.8, 4) is 0 Å². The van der Waals surface area contributed by atoms with Crippen LogP contribution in [-0.2, 0) is 22.4 Å². The zero-order chi connectivity index (χ0) is 16.7. The molecule has 1 aromatic heterocycles. The molecule has 1 heterocycles. The molecule has 0 aliphatic rings. The molecule has 0 atom stereocenters. The molecular formula is C16H19N3O3S. The largest absolute Gasteiger partial charge is 0.481 e. The van der Waals surface area contributed by atoms with Crippen LogP contribution in [0.4, 0.5) is 10.8 Å². The number of hydrogen-bond donors (Lipinski definition) is 3. The van der Waals surface area contributed by atoms with Crippen molar-refractivity contribution in [3.63, 3.8) is 0 Å². The van der Waals surface area contributed by atoms with Crippen molar-refractivity contribution in [2.75, 3.05) is 11.9 Å². The van der Waals surface area contributed by atoms with E-state index in [0.29, 0.717) is 5.69 Å². The molecule has 0 fully saturated rings. The minimum absolute atomic E-state index is 0.0800. The number of carbonyl (C=O) groups excluding carboxylic acids is 1. The van der Waals surface area contributed by atoms with Crippen LogP contribution in [0.1, 0.15) is 24.6 Å². The zero-order valence-corrected chi connectivity index (χ0v) is 13.7. The van der Waals surface area contributed by atoms with E-state index in [4.69, 9.17) is 5.11 Å². The molecule has 0 unspecified atom stereocenters. The maximum atomic E-state index is 11.7. The monoisotopic (exact) mass is 333 g/mol. The molecule has 6 nitrogen and oxygen atoms in total. The Kier molecular flexibility index (Phi) is 6.10. The summed E-state index contributed by atoms with van der Waals surface area (Å²) in [6, 6.07) is 8.12. The summed E-state index contributed by atoms with van der Waals surface area (Å²) >= 11 is 1.43. The van der Waals surface area contributed by atoms with Gasteiger partial charge in [0.1, 0.15) is 0 Å². The summed E-state index contributed by atoms with van der Waals surface area (Å²) in [5.41, 5.74) is 2.89. The van der Waals surface area contributed by atoms with Gasteiger partial charge in [-0.15, -0.1) is 11.3 Å². The maximum absolute atomic E-state index is 11.7. The van der Waals surface area contributed by atoms with Gasteiger partial charge in [-0.1, -0.05) is 19.1 Å². The standard InChI is InChI=1S/C16H19N3O3S/c1-2-11-3-5-12(6-4-11)18-16-19-13(10-23-16)9-14(20)17-8-7-15(21)22/h3-6,10H,2,7-9H2,1H3,(H,17,20)(H,18,19)(H,21,22). The van der Waals surface area contributed by atoms with Crippen LogP contribution in [0.3, 0.4) is 0 Å². The van der Waals surface area contributed by atoms with Gasteiger partial charge in [-0.3, -0.25) is 9.59 Å². The number of carboxylic acid groups (broad SMARTS) is 1. The highest BCUT2D eigenvalue weighted by atomic mass is 32.1. The molecule has 1 aromatic carbocycles. The molecule has 0 radical (unpaired) electrons. The molecule has 3 N–H and O–H groups in total. The van der Waals surface area contributed by atoms with Gasteiger partial charge in [0.2, 0.25) is 5.91 Å². The average Bonchev–Trinajstić information content (AvgIpc) is 2.94. The van der Waals surface area contributed by atoms with Gasteiger partial charge in [-0.2, -0.15) is 0 Å². The fourth-order valence-electron chi connectivity index (χ4n) is 1.93. The van der Waals surface area contributed by atoms with Gasteiger partial charge < -0.3 is 15.7 Å². The van der Waals surface area contributed by atoms with E-state index in [1.807, 2.05) is 17.5 Å². The van der Waals surface area contributed by atoms with E-state index < -0.39 is 5.97 Å². The first-order valence-corrected chi connectivity index (χ1v) is 8.23. The highest BCUT2D eigenvalue weighted by Gasteiger charge is 2.08. The Labute approximate surface area is 138 Å². The lowest BCUT2D eigenvalue weighted by Gasteiger charge is -2.03. The Balaban J connectivity index is 1.84. The van der Waals surface area contributed by atoms with Crippen LogP contribution in [0.25, 0.3) is 0 Å². The lowest BCUT2D eigenvalue weighted by molar-refractivity contribution is -0.136. The number of aryl methyl sites for hydroxylation is 1. The van der Waals surface area contributed by atoms with Crippen LogP contribution in [0.5, 0.6) is 0 Å². The lowest BCUT2D eigenvalue weighted by atomic mass is 10.1. The summed E-state index contributed by atoms with van der Waals surface area (Å²) in [5, 5.41) is 16.8. The van der Waals surface area contributed by atoms with Crippen molar-refractivity contribution in [1.29, 1.82) is 0 Å². The van der Waals surface area contributed by atoms with Crippen molar-refractivity contribution in [2.24, 2.45) is 0 Å². The number of hydrogen-bond acceptors (Lipinski definition) is 5. The Morgan fingerprint density at radius 2 is 2.00 bits per heavy atom. The zero-order valence-electron chi connectivity index (χ0n) is 12.8. The Bertz CT molecular complexity index is 667. The van der Waals surface area contributed by atoms with Crippen LogP contribution in [0.15, 0.2) is 29.6 Å². The second-order valence-electron chi connectivity index (χ2n) is 4.99. The summed E-state index contributed by atoms with van der Waals surface area (Å²) in [7, 11) is 0. The smallest absolute Gasteiger partial charge is 0.305 e. The molecule has 0 aliphatic carbocycles. The van der Waals surface area contributed by atoms with E-state index in [2.05, 4.69) is 34.7 Å². The second kappa shape index (κ2) is 8.28. The number of amides is 1. The van der Waals surface area contributed by atoms with Crippen LogP contribution in [-0.4, -0.2) is 28.5 Å². The number of nitrogens with one attached hydrogen (secondary N) is 2. The number of aliphatic carboxylic acids is 1. The van der Waals surface area contributed by atoms with Gasteiger partial charge >= 0.3 is 5.97 Å². The number of thiazole rings is 1. The molecule has 1 amide bonds. The molecule has 0 saturated heterocycles. The van der Waals surface area contributed by atoms with E-state index in [1.165, 1.54) is 16.9 Å². The van der Waals surface area contributed by atoms with Crippen LogP contribution < -0.4 is 10.6 Å². The number of aromatic nitrogens is 1. The van der Waals surface area contributed by atoms with Crippen molar-refractivity contribution >= 4 is 34.0 Å². The minimum atomic E-state index is -0.931. The Morgan fingerprint density at radius 3 is 2.65 bits per heavy atom. The third-order valence-electron chi connectivity index (χ3n) is 3.17. The number of anilines is 2. The van der Waals surface area contributed by atoms with E-state index in [1.54, 1.807) is 0 Å². The third kappa shape index (κ3) is 5.71. The van der Waals surface area contributed by atoms with E-state index in [9.17, 15) is 9.59 Å². The fraction of sp³-hybridized carbons (Fsp3) is 0.312. The average molecular weight is 333 g/mol. The van der Waals surface area contributed by atoms with Gasteiger partial charge in [0, 0.05) is 17.6 Å². The lowest BCUT2D eigenvalue weighted by Crippen LogP contribution is -2.27. The van der Waals surface area contributed by atoms with E-state index in [-0.39, 0.29) is 25.3 Å². The Hall–Kier alpha value is -2.41. The van der Waals surface area contributed by atoms with Crippen molar-refractivity contribution in [3.05, 3.63) is 40.9 Å². The van der Waals surface area contributed by atoms with Gasteiger partial charge in [0.25, 0.3) is 0 Å². The number of nitrogens with zero attached hydrogens (tertiary/aromatic N) is 1. The van der Waals surface area contributed by atoms with Gasteiger partial charge in [0.05, 0.1) is 18.5 Å². The molecule has 0 aliphatic heterocycles. The SMILES string of the molecule is CCc1ccc(Nc2nc(CC(=O)NCCC(=O)O)cs2)cc1. The van der Waals surface area contributed by atoms with Crippen molar-refractivity contribution < 1.29 is 14.7 Å². The molecule has 23 heavy (non-hydrogen) atoms. The highest BCUT2D eigenvalue weighted by molar-refractivity contribution is 7.13.